The van der Waals surface area contributed by atoms with Gasteiger partial charge in [0.15, 0.2) is 5.67 Å². The van der Waals surface area contributed by atoms with Gasteiger partial charge in [0.2, 0.25) is 0 Å². The molecule has 0 aromatic heterocycles. The summed E-state index contributed by atoms with van der Waals surface area (Å²) in [5.74, 6) is -1.53. The van der Waals surface area contributed by atoms with Crippen LogP contribution in [0.4, 0.5) is 4.39 Å². The molecule has 2 rings (SSSR count). The Bertz CT molecular complexity index is 424. The Kier molecular flexibility index (Phi) is 3.15. The summed E-state index contributed by atoms with van der Waals surface area (Å²) < 4.78 is 19.5. The lowest BCUT2D eigenvalue weighted by molar-refractivity contribution is -0.138. The maximum absolute atomic E-state index is 14.4. The Morgan fingerprint density at radius 2 is 2.35 bits per heavy atom. The van der Waals surface area contributed by atoms with Gasteiger partial charge in [-0.2, -0.15) is 0 Å². The number of carboxylic acid groups (broad SMARTS) is 1. The third-order valence-electron chi connectivity index (χ3n) is 3.25. The standard InChI is InChI=1S/C13H15FO3/c1-9(12(15)16)10-3-2-4-11(7-10)13(14)5-6-17-8-13/h2-4,7,9H,5-6,8H2,1H3,(H,15,16). The largest absolute Gasteiger partial charge is 0.481 e. The molecule has 1 aliphatic rings. The Morgan fingerprint density at radius 1 is 1.59 bits per heavy atom. The maximum Gasteiger partial charge on any atom is 0.310 e. The molecule has 1 heterocycles. The van der Waals surface area contributed by atoms with E-state index in [0.29, 0.717) is 24.2 Å². The first-order valence-electron chi connectivity index (χ1n) is 5.63. The van der Waals surface area contributed by atoms with E-state index in [4.69, 9.17) is 9.84 Å². The molecule has 1 aliphatic heterocycles. The van der Waals surface area contributed by atoms with E-state index in [1.165, 1.54) is 0 Å². The number of halogens is 1. The smallest absolute Gasteiger partial charge is 0.310 e. The maximum atomic E-state index is 14.4. The minimum Gasteiger partial charge on any atom is -0.481 e. The lowest BCUT2D eigenvalue weighted by atomic mass is 9.91. The molecule has 3 nitrogen and oxygen atoms in total. The average Bonchev–Trinajstić information content (AvgIpc) is 2.76. The number of hydrogen-bond donors (Lipinski definition) is 1. The van der Waals surface area contributed by atoms with Crippen molar-refractivity contribution in [1.82, 2.24) is 0 Å². The van der Waals surface area contributed by atoms with Crippen molar-refractivity contribution < 1.29 is 19.0 Å². The Balaban J connectivity index is 2.31. The molecule has 2 unspecified atom stereocenters. The topological polar surface area (TPSA) is 46.5 Å². The second kappa shape index (κ2) is 4.45. The summed E-state index contributed by atoms with van der Waals surface area (Å²) in [6.07, 6.45) is 0.331. The highest BCUT2D eigenvalue weighted by atomic mass is 19.1. The minimum absolute atomic E-state index is 0.0535. The van der Waals surface area contributed by atoms with E-state index < -0.39 is 17.6 Å². The molecule has 1 saturated heterocycles. The van der Waals surface area contributed by atoms with Crippen LogP contribution in [0, 0.1) is 0 Å². The Hall–Kier alpha value is -1.42. The average molecular weight is 238 g/mol. The minimum atomic E-state index is -1.46. The van der Waals surface area contributed by atoms with Crippen LogP contribution in [-0.4, -0.2) is 24.3 Å². The molecule has 0 aliphatic carbocycles. The van der Waals surface area contributed by atoms with Gasteiger partial charge in [0, 0.05) is 6.42 Å². The molecule has 0 spiro atoms. The second-order valence-electron chi connectivity index (χ2n) is 4.45. The van der Waals surface area contributed by atoms with Gasteiger partial charge < -0.3 is 9.84 Å². The fraction of sp³-hybridized carbons (Fsp3) is 0.462. The number of aliphatic carboxylic acids is 1. The highest BCUT2D eigenvalue weighted by Gasteiger charge is 2.37. The number of ether oxygens (including phenoxy) is 1. The zero-order chi connectivity index (χ0) is 12.5. The van der Waals surface area contributed by atoms with E-state index >= 15 is 0 Å². The number of benzene rings is 1. The van der Waals surface area contributed by atoms with Gasteiger partial charge in [-0.25, -0.2) is 4.39 Å². The molecule has 1 aromatic rings. The van der Waals surface area contributed by atoms with Crippen LogP contribution in [0.15, 0.2) is 24.3 Å². The van der Waals surface area contributed by atoms with Gasteiger partial charge in [0.25, 0.3) is 0 Å². The molecule has 0 radical (unpaired) electrons. The van der Waals surface area contributed by atoms with Crippen molar-refractivity contribution in [2.45, 2.75) is 24.9 Å². The van der Waals surface area contributed by atoms with Gasteiger partial charge >= 0.3 is 5.97 Å². The number of hydrogen-bond acceptors (Lipinski definition) is 2. The van der Waals surface area contributed by atoms with E-state index in [1.54, 1.807) is 31.2 Å². The van der Waals surface area contributed by atoms with Crippen LogP contribution in [0.1, 0.15) is 30.4 Å². The van der Waals surface area contributed by atoms with Crippen molar-refractivity contribution in [3.63, 3.8) is 0 Å². The zero-order valence-electron chi connectivity index (χ0n) is 9.65. The molecule has 2 atom stereocenters. The van der Waals surface area contributed by atoms with Crippen LogP contribution in [-0.2, 0) is 15.2 Å². The van der Waals surface area contributed by atoms with Gasteiger partial charge in [-0.1, -0.05) is 24.3 Å². The monoisotopic (exact) mass is 238 g/mol. The molecule has 17 heavy (non-hydrogen) atoms. The van der Waals surface area contributed by atoms with E-state index in [2.05, 4.69) is 0 Å². The molecule has 0 amide bonds. The van der Waals surface area contributed by atoms with Gasteiger partial charge in [0.1, 0.15) is 0 Å². The van der Waals surface area contributed by atoms with Crippen LogP contribution in [0.3, 0.4) is 0 Å². The Morgan fingerprint density at radius 3 is 2.94 bits per heavy atom. The first-order valence-corrected chi connectivity index (χ1v) is 5.63. The fourth-order valence-electron chi connectivity index (χ4n) is 2.00. The molecule has 1 N–H and O–H groups in total. The van der Waals surface area contributed by atoms with Crippen molar-refractivity contribution in [2.24, 2.45) is 0 Å². The van der Waals surface area contributed by atoms with Crippen LogP contribution in [0.2, 0.25) is 0 Å². The summed E-state index contributed by atoms with van der Waals surface area (Å²) in [6.45, 7) is 2.06. The third-order valence-corrected chi connectivity index (χ3v) is 3.25. The van der Waals surface area contributed by atoms with Gasteiger partial charge in [0.05, 0.1) is 19.1 Å². The summed E-state index contributed by atoms with van der Waals surface area (Å²) in [4.78, 5) is 10.9. The number of rotatable bonds is 3. The molecule has 92 valence electrons. The summed E-state index contributed by atoms with van der Waals surface area (Å²) in [5.41, 5.74) is -0.326. The molecular formula is C13H15FO3. The fourth-order valence-corrected chi connectivity index (χ4v) is 2.00. The molecule has 0 saturated carbocycles. The van der Waals surface area contributed by atoms with E-state index in [0.717, 1.165) is 0 Å². The van der Waals surface area contributed by atoms with Crippen LogP contribution in [0.5, 0.6) is 0 Å². The Labute approximate surface area is 99.2 Å². The van der Waals surface area contributed by atoms with E-state index in [-0.39, 0.29) is 6.61 Å². The summed E-state index contributed by atoms with van der Waals surface area (Å²) >= 11 is 0. The molecular weight excluding hydrogens is 223 g/mol. The predicted octanol–water partition coefficient (Wildman–Crippen LogP) is 2.46. The number of carboxylic acids is 1. The predicted molar refractivity (Wildman–Crippen MR) is 60.7 cm³/mol. The summed E-state index contributed by atoms with van der Waals surface area (Å²) in [5, 5.41) is 8.94. The SMILES string of the molecule is CC(C(=O)O)c1cccc(C2(F)CCOC2)c1. The third kappa shape index (κ3) is 2.31. The number of carbonyl (C=O) groups is 1. The highest BCUT2D eigenvalue weighted by Crippen LogP contribution is 2.35. The molecule has 0 bridgehead atoms. The second-order valence-corrected chi connectivity index (χ2v) is 4.45. The van der Waals surface area contributed by atoms with Crippen LogP contribution < -0.4 is 0 Å². The van der Waals surface area contributed by atoms with Crippen molar-refractivity contribution in [1.29, 1.82) is 0 Å². The van der Waals surface area contributed by atoms with E-state index in [9.17, 15) is 9.18 Å². The number of alkyl halides is 1. The molecule has 1 aromatic carbocycles. The summed E-state index contributed by atoms with van der Waals surface area (Å²) in [7, 11) is 0. The van der Waals surface area contributed by atoms with Gasteiger partial charge in [-0.3, -0.25) is 4.79 Å². The van der Waals surface area contributed by atoms with E-state index in [1.807, 2.05) is 0 Å². The van der Waals surface area contributed by atoms with Crippen molar-refractivity contribution in [3.8, 4) is 0 Å². The van der Waals surface area contributed by atoms with Crippen molar-refractivity contribution in [3.05, 3.63) is 35.4 Å². The first kappa shape index (κ1) is 12.0. The zero-order valence-corrected chi connectivity index (χ0v) is 9.65. The van der Waals surface area contributed by atoms with Crippen LogP contribution in [0.25, 0.3) is 0 Å². The van der Waals surface area contributed by atoms with Gasteiger partial charge in [-0.05, 0) is 18.1 Å². The molecule has 1 fully saturated rings. The normalized spacial score (nSPS) is 25.8. The highest BCUT2D eigenvalue weighted by molar-refractivity contribution is 5.75. The first-order chi connectivity index (χ1) is 8.03. The van der Waals surface area contributed by atoms with Crippen molar-refractivity contribution >= 4 is 5.97 Å². The van der Waals surface area contributed by atoms with Crippen molar-refractivity contribution in [2.75, 3.05) is 13.2 Å². The lowest BCUT2D eigenvalue weighted by Gasteiger charge is -2.19. The lowest BCUT2D eigenvalue weighted by Crippen LogP contribution is -2.20. The molecule has 4 heteroatoms. The van der Waals surface area contributed by atoms with Gasteiger partial charge in [-0.15, -0.1) is 0 Å². The summed E-state index contributed by atoms with van der Waals surface area (Å²) in [6, 6.07) is 6.73. The quantitative estimate of drug-likeness (QED) is 0.879. The van der Waals surface area contributed by atoms with Crippen LogP contribution >= 0.6 is 0 Å².